The second-order valence-corrected chi connectivity index (χ2v) is 7.74. The van der Waals surface area contributed by atoms with Crippen molar-refractivity contribution in [3.8, 4) is 22.8 Å². The number of carbonyl (C=O) groups is 1. The zero-order valence-corrected chi connectivity index (χ0v) is 20.4. The van der Waals surface area contributed by atoms with Gasteiger partial charge in [0.25, 0.3) is 0 Å². The molecular formula is C25H29N5O6. The number of ether oxygens (including phenoxy) is 3. The molecule has 2 aromatic heterocycles. The quantitative estimate of drug-likeness (QED) is 0.279. The molecule has 0 aliphatic heterocycles. The predicted molar refractivity (Wildman–Crippen MR) is 133 cm³/mol. The molecule has 11 nitrogen and oxygen atoms in total. The third-order valence-electron chi connectivity index (χ3n) is 5.48. The van der Waals surface area contributed by atoms with E-state index >= 15 is 0 Å². The minimum atomic E-state index is -0.657. The second kappa shape index (κ2) is 12.4. The molecule has 190 valence electrons. The van der Waals surface area contributed by atoms with E-state index in [0.717, 1.165) is 18.4 Å². The highest BCUT2D eigenvalue weighted by atomic mass is 16.6. The Labute approximate surface area is 208 Å². The van der Waals surface area contributed by atoms with Gasteiger partial charge in [-0.1, -0.05) is 26.0 Å². The van der Waals surface area contributed by atoms with E-state index in [2.05, 4.69) is 15.0 Å². The zero-order valence-electron chi connectivity index (χ0n) is 20.4. The molecule has 11 heteroatoms. The topological polar surface area (TPSA) is 153 Å². The molecule has 2 N–H and O–H groups in total. The van der Waals surface area contributed by atoms with E-state index < -0.39 is 10.9 Å². The van der Waals surface area contributed by atoms with E-state index in [4.69, 9.17) is 19.9 Å². The number of pyridine rings is 1. The number of nitrogen functional groups attached to an aromatic ring is 1. The average molecular weight is 496 g/mol. The Morgan fingerprint density at radius 2 is 1.78 bits per heavy atom. The van der Waals surface area contributed by atoms with Gasteiger partial charge in [-0.25, -0.2) is 14.8 Å². The first-order valence-corrected chi connectivity index (χ1v) is 11.7. The van der Waals surface area contributed by atoms with Crippen LogP contribution in [0.15, 0.2) is 48.9 Å². The molecule has 1 aromatic carbocycles. The van der Waals surface area contributed by atoms with Crippen LogP contribution in [0.1, 0.15) is 50.0 Å². The highest BCUT2D eigenvalue weighted by molar-refractivity contribution is 5.92. The Morgan fingerprint density at radius 1 is 1.08 bits per heavy atom. The Kier molecular flexibility index (Phi) is 9.09. The maximum Gasteiger partial charge on any atom is 0.360 e. The fourth-order valence-corrected chi connectivity index (χ4v) is 3.76. The molecule has 0 saturated heterocycles. The number of esters is 1. The van der Waals surface area contributed by atoms with Crippen LogP contribution in [0.4, 0.5) is 11.5 Å². The van der Waals surface area contributed by atoms with Crippen molar-refractivity contribution >= 4 is 17.5 Å². The van der Waals surface area contributed by atoms with Crippen LogP contribution in [-0.4, -0.2) is 45.2 Å². The summed E-state index contributed by atoms with van der Waals surface area (Å²) in [6.45, 7) is 4.00. The van der Waals surface area contributed by atoms with Gasteiger partial charge in [0, 0.05) is 17.8 Å². The van der Waals surface area contributed by atoms with Gasteiger partial charge in [0.1, 0.15) is 11.9 Å². The average Bonchev–Trinajstić information content (AvgIpc) is 2.91. The van der Waals surface area contributed by atoms with Crippen LogP contribution in [0.3, 0.4) is 0 Å². The van der Waals surface area contributed by atoms with Gasteiger partial charge in [-0.2, -0.15) is 0 Å². The lowest BCUT2D eigenvalue weighted by atomic mass is 9.95. The van der Waals surface area contributed by atoms with Gasteiger partial charge in [-0.3, -0.25) is 15.1 Å². The van der Waals surface area contributed by atoms with Crippen LogP contribution in [0.2, 0.25) is 0 Å². The molecule has 3 aromatic rings. The van der Waals surface area contributed by atoms with Crippen LogP contribution < -0.4 is 15.2 Å². The molecule has 0 radical (unpaired) electrons. The molecule has 4 rings (SSSR count). The first kappa shape index (κ1) is 26.3. The number of methoxy groups -OCH3 is 1. The molecule has 1 aliphatic rings. The monoisotopic (exact) mass is 495 g/mol. The van der Waals surface area contributed by atoms with Gasteiger partial charge < -0.3 is 19.9 Å². The smallest absolute Gasteiger partial charge is 0.360 e. The Morgan fingerprint density at radius 3 is 2.44 bits per heavy atom. The number of benzene rings is 1. The van der Waals surface area contributed by atoms with Crippen molar-refractivity contribution in [1.29, 1.82) is 0 Å². The molecule has 0 spiro atoms. The number of rotatable bonds is 7. The molecule has 0 unspecified atom stereocenters. The molecule has 0 bridgehead atoms. The molecule has 0 atom stereocenters. The van der Waals surface area contributed by atoms with E-state index in [1.54, 1.807) is 0 Å². The first-order valence-electron chi connectivity index (χ1n) is 11.7. The molecular weight excluding hydrogens is 466 g/mol. The summed E-state index contributed by atoms with van der Waals surface area (Å²) >= 11 is 0. The van der Waals surface area contributed by atoms with Crippen molar-refractivity contribution in [1.82, 2.24) is 15.0 Å². The molecule has 1 fully saturated rings. The van der Waals surface area contributed by atoms with E-state index in [1.807, 2.05) is 38.1 Å². The number of hydrogen-bond donors (Lipinski definition) is 1. The molecule has 36 heavy (non-hydrogen) atoms. The molecule has 2 heterocycles. The van der Waals surface area contributed by atoms with Crippen molar-refractivity contribution in [3.63, 3.8) is 0 Å². The highest BCUT2D eigenvalue weighted by Gasteiger charge is 2.26. The van der Waals surface area contributed by atoms with E-state index in [-0.39, 0.29) is 35.2 Å². The second-order valence-electron chi connectivity index (χ2n) is 7.74. The van der Waals surface area contributed by atoms with Crippen molar-refractivity contribution in [3.05, 3.63) is 64.7 Å². The maximum absolute atomic E-state index is 11.9. The predicted octanol–water partition coefficient (Wildman–Crippen LogP) is 4.61. The Hall–Kier alpha value is -4.28. The van der Waals surface area contributed by atoms with E-state index in [0.29, 0.717) is 24.3 Å². The van der Waals surface area contributed by atoms with Gasteiger partial charge in [0.15, 0.2) is 11.5 Å². The number of carbonyl (C=O) groups excluding carboxylic acids is 1. The van der Waals surface area contributed by atoms with Gasteiger partial charge in [0.2, 0.25) is 5.75 Å². The molecule has 1 saturated carbocycles. The standard InChI is InChI=1S/C23H23N5O6.C2H6/c1-32-23(29)21-22(24)26-12-18(27-21)14-3-2-4-17(11-14)33-15-5-7-16(8-6-15)34-20-9-10-25-13-19(20)28(30)31;1-2/h2-4,9-13,15-16H,5-8H2,1H3,(H2,24,26);1-2H3. The molecule has 1 aliphatic carbocycles. The van der Waals surface area contributed by atoms with Crippen molar-refractivity contribution in [2.45, 2.75) is 51.7 Å². The summed E-state index contributed by atoms with van der Waals surface area (Å²) < 4.78 is 16.7. The first-order chi connectivity index (χ1) is 17.4. The summed E-state index contributed by atoms with van der Waals surface area (Å²) in [6, 6.07) is 8.85. The lowest BCUT2D eigenvalue weighted by molar-refractivity contribution is -0.386. The largest absolute Gasteiger partial charge is 0.490 e. The summed E-state index contributed by atoms with van der Waals surface area (Å²) in [7, 11) is 1.25. The van der Waals surface area contributed by atoms with Crippen LogP contribution in [-0.2, 0) is 4.74 Å². The van der Waals surface area contributed by atoms with Crippen LogP contribution in [0.25, 0.3) is 11.3 Å². The third-order valence-corrected chi connectivity index (χ3v) is 5.48. The van der Waals surface area contributed by atoms with E-state index in [9.17, 15) is 14.9 Å². The van der Waals surface area contributed by atoms with Crippen molar-refractivity contribution in [2.24, 2.45) is 0 Å². The van der Waals surface area contributed by atoms with Crippen molar-refractivity contribution < 1.29 is 23.9 Å². The minimum absolute atomic E-state index is 0.000851. The van der Waals surface area contributed by atoms with Gasteiger partial charge in [-0.15, -0.1) is 0 Å². The summed E-state index contributed by atoms with van der Waals surface area (Å²) in [5, 5.41) is 11.2. The third kappa shape index (κ3) is 6.44. The SMILES string of the molecule is CC.COC(=O)c1nc(-c2cccc(OC3CCC(Oc4ccncc4[N+](=O)[O-])CC3)c2)cnc1N. The van der Waals surface area contributed by atoms with Crippen LogP contribution >= 0.6 is 0 Å². The van der Waals surface area contributed by atoms with Gasteiger partial charge in [-0.05, 0) is 37.8 Å². The van der Waals surface area contributed by atoms with Gasteiger partial charge in [0.05, 0.1) is 36.1 Å². The van der Waals surface area contributed by atoms with E-state index in [1.165, 1.54) is 31.8 Å². The Balaban J connectivity index is 0.00000176. The summed E-state index contributed by atoms with van der Waals surface area (Å²) in [6.07, 6.45) is 6.89. The highest BCUT2D eigenvalue weighted by Crippen LogP contribution is 2.32. The maximum atomic E-state index is 11.9. The number of anilines is 1. The van der Waals surface area contributed by atoms with Crippen LogP contribution in [0, 0.1) is 10.1 Å². The Bertz CT molecular complexity index is 1200. The lowest BCUT2D eigenvalue weighted by Crippen LogP contribution is -2.30. The number of nitro groups is 1. The van der Waals surface area contributed by atoms with Crippen LogP contribution in [0.5, 0.6) is 11.5 Å². The lowest BCUT2D eigenvalue weighted by Gasteiger charge is -2.29. The fourth-order valence-electron chi connectivity index (χ4n) is 3.76. The zero-order chi connectivity index (χ0) is 26.1. The summed E-state index contributed by atoms with van der Waals surface area (Å²) in [4.78, 5) is 34.6. The van der Waals surface area contributed by atoms with Gasteiger partial charge >= 0.3 is 11.7 Å². The molecule has 0 amide bonds. The summed E-state index contributed by atoms with van der Waals surface area (Å²) in [5.41, 5.74) is 6.74. The number of hydrogen-bond acceptors (Lipinski definition) is 10. The van der Waals surface area contributed by atoms with Crippen molar-refractivity contribution in [2.75, 3.05) is 12.8 Å². The number of aromatic nitrogens is 3. The normalized spacial score (nSPS) is 16.8. The summed E-state index contributed by atoms with van der Waals surface area (Å²) in [5.74, 6) is 0.229. The fraction of sp³-hybridized carbons (Fsp3) is 0.360. The number of nitrogens with two attached hydrogens (primary N) is 1. The number of nitrogens with zero attached hydrogens (tertiary/aromatic N) is 4. The minimum Gasteiger partial charge on any atom is -0.490 e.